The molecule has 1 saturated carbocycles. The van der Waals surface area contributed by atoms with Crippen LogP contribution in [0.2, 0.25) is 0 Å². The summed E-state index contributed by atoms with van der Waals surface area (Å²) >= 11 is 5.57. The van der Waals surface area contributed by atoms with Crippen molar-refractivity contribution in [1.29, 1.82) is 0 Å². The van der Waals surface area contributed by atoms with Crippen LogP contribution in [0.25, 0.3) is 0 Å². The highest BCUT2D eigenvalue weighted by Gasteiger charge is 2.35. The topological polar surface area (TPSA) is 20.3 Å². The highest BCUT2D eigenvalue weighted by atomic mass is 35.5. The lowest BCUT2D eigenvalue weighted by molar-refractivity contribution is -0.126. The van der Waals surface area contributed by atoms with Gasteiger partial charge < -0.3 is 0 Å². The Labute approximate surface area is 103 Å². The molecule has 0 aromatic heterocycles. The molecule has 90 valence electrons. The fourth-order valence-electron chi connectivity index (χ4n) is 3.13. The van der Waals surface area contributed by atoms with Gasteiger partial charge in [-0.1, -0.05) is 24.1 Å². The van der Waals surface area contributed by atoms with Crippen LogP contribution in [0.3, 0.4) is 0 Å². The van der Waals surface area contributed by atoms with Crippen molar-refractivity contribution in [3.63, 3.8) is 0 Å². The van der Waals surface area contributed by atoms with Gasteiger partial charge in [-0.3, -0.25) is 9.69 Å². The van der Waals surface area contributed by atoms with E-state index in [1.165, 1.54) is 19.3 Å². The first kappa shape index (κ1) is 12.1. The van der Waals surface area contributed by atoms with Gasteiger partial charge in [0.1, 0.15) is 5.78 Å². The summed E-state index contributed by atoms with van der Waals surface area (Å²) in [6.45, 7) is 2.02. The summed E-state index contributed by atoms with van der Waals surface area (Å²) in [7, 11) is 0. The van der Waals surface area contributed by atoms with Gasteiger partial charge in [-0.15, -0.1) is 0 Å². The Morgan fingerprint density at radius 2 is 2.19 bits per heavy atom. The monoisotopic (exact) mass is 241 g/mol. The normalized spacial score (nSPS) is 32.7. The largest absolute Gasteiger partial charge is 0.299 e. The fraction of sp³-hybridized carbons (Fsp3) is 0.769. The first-order valence-corrected chi connectivity index (χ1v) is 6.78. The predicted molar refractivity (Wildman–Crippen MR) is 66.6 cm³/mol. The number of halogens is 1. The van der Waals surface area contributed by atoms with Gasteiger partial charge in [0.2, 0.25) is 0 Å². The van der Waals surface area contributed by atoms with E-state index in [4.69, 9.17) is 11.6 Å². The quantitative estimate of drug-likeness (QED) is 0.757. The van der Waals surface area contributed by atoms with Gasteiger partial charge in [-0.2, -0.15) is 0 Å². The van der Waals surface area contributed by atoms with Crippen LogP contribution in [-0.4, -0.2) is 29.8 Å². The third-order valence-corrected chi connectivity index (χ3v) is 4.09. The Hall–Kier alpha value is -0.340. The van der Waals surface area contributed by atoms with Gasteiger partial charge in [0.15, 0.2) is 0 Å². The summed E-state index contributed by atoms with van der Waals surface area (Å²) in [5.74, 6) is 0.804. The van der Waals surface area contributed by atoms with E-state index in [2.05, 4.69) is 4.90 Å². The Bertz CT molecular complexity index is 277. The van der Waals surface area contributed by atoms with Gasteiger partial charge in [0.05, 0.1) is 0 Å². The van der Waals surface area contributed by atoms with Crippen LogP contribution in [0.4, 0.5) is 0 Å². The molecule has 0 amide bonds. The molecular weight excluding hydrogens is 222 g/mol. The van der Waals surface area contributed by atoms with Crippen molar-refractivity contribution >= 4 is 17.4 Å². The minimum atomic E-state index is 0.306. The maximum Gasteiger partial charge on any atom is 0.137 e. The van der Waals surface area contributed by atoms with Crippen LogP contribution in [-0.2, 0) is 4.79 Å². The number of likely N-dealkylation sites (tertiary alicyclic amines) is 1. The van der Waals surface area contributed by atoms with Crippen LogP contribution < -0.4 is 0 Å². The Morgan fingerprint density at radius 3 is 2.94 bits per heavy atom. The Morgan fingerprint density at radius 1 is 1.31 bits per heavy atom. The van der Waals surface area contributed by atoms with E-state index in [1.54, 1.807) is 5.54 Å². The fourth-order valence-corrected chi connectivity index (χ4v) is 3.21. The lowest BCUT2D eigenvalue weighted by Gasteiger charge is -2.32. The maximum atomic E-state index is 11.9. The average molecular weight is 242 g/mol. The van der Waals surface area contributed by atoms with Crippen LogP contribution in [0.5, 0.6) is 0 Å². The summed E-state index contributed by atoms with van der Waals surface area (Å²) in [6.07, 6.45) is 8.63. The number of rotatable bonds is 3. The van der Waals surface area contributed by atoms with Crippen molar-refractivity contribution < 1.29 is 4.79 Å². The number of nitrogens with zero attached hydrogens (tertiary/aromatic N) is 1. The molecule has 2 aliphatic rings. The molecular formula is C13H20ClNO. The predicted octanol–water partition coefficient (Wildman–Crippen LogP) is 2.96. The molecule has 0 aromatic carbocycles. The molecule has 1 saturated heterocycles. The average Bonchev–Trinajstić information content (AvgIpc) is 2.75. The van der Waals surface area contributed by atoms with Gasteiger partial charge in [0, 0.05) is 30.5 Å². The minimum Gasteiger partial charge on any atom is -0.299 e. The molecule has 2 atom stereocenters. The van der Waals surface area contributed by atoms with E-state index < -0.39 is 0 Å². The third kappa shape index (κ3) is 2.67. The molecule has 2 unspecified atom stereocenters. The molecule has 3 heteroatoms. The van der Waals surface area contributed by atoms with E-state index in [1.807, 2.05) is 6.08 Å². The number of carbonyl (C=O) groups is 1. The second kappa shape index (κ2) is 5.83. The van der Waals surface area contributed by atoms with Gasteiger partial charge in [-0.05, 0) is 32.2 Å². The molecule has 2 rings (SSSR count). The van der Waals surface area contributed by atoms with Gasteiger partial charge in [-0.25, -0.2) is 0 Å². The summed E-state index contributed by atoms with van der Waals surface area (Å²) in [5, 5.41) is 0. The van der Waals surface area contributed by atoms with Crippen LogP contribution in [0.1, 0.15) is 38.5 Å². The highest BCUT2D eigenvalue weighted by Crippen LogP contribution is 2.32. The molecule has 0 aromatic rings. The van der Waals surface area contributed by atoms with E-state index in [0.717, 1.165) is 32.4 Å². The van der Waals surface area contributed by atoms with E-state index in [-0.39, 0.29) is 0 Å². The molecule has 0 radical (unpaired) electrons. The summed E-state index contributed by atoms with van der Waals surface area (Å²) < 4.78 is 0. The number of ketones is 1. The first-order valence-electron chi connectivity index (χ1n) is 6.35. The zero-order chi connectivity index (χ0) is 11.4. The van der Waals surface area contributed by atoms with Gasteiger partial charge >= 0.3 is 0 Å². The molecule has 0 N–H and O–H groups in total. The van der Waals surface area contributed by atoms with Crippen molar-refractivity contribution in [2.75, 3.05) is 13.1 Å². The van der Waals surface area contributed by atoms with Gasteiger partial charge in [0.25, 0.3) is 0 Å². The number of carbonyl (C=O) groups excluding carboxylic acids is 1. The summed E-state index contributed by atoms with van der Waals surface area (Å²) in [5.41, 5.74) is 1.58. The number of hydrogen-bond acceptors (Lipinski definition) is 2. The molecule has 1 aliphatic heterocycles. The second-order valence-corrected chi connectivity index (χ2v) is 5.14. The standard InChI is InChI=1S/C13H20ClNO/c14-8-4-10-15-9-3-6-12(15)11-5-1-2-7-13(11)16/h4,8,11-12H,1-3,5-7,9-10H2. The van der Waals surface area contributed by atoms with Crippen molar-refractivity contribution in [1.82, 2.24) is 4.90 Å². The molecule has 2 fully saturated rings. The third-order valence-electron chi connectivity index (χ3n) is 3.91. The molecule has 1 aliphatic carbocycles. The number of Topliss-reactive ketones (excluding diaryl/α,β-unsaturated/α-hetero) is 1. The number of hydrogen-bond donors (Lipinski definition) is 0. The molecule has 16 heavy (non-hydrogen) atoms. The van der Waals surface area contributed by atoms with Crippen LogP contribution in [0.15, 0.2) is 11.6 Å². The molecule has 1 heterocycles. The lowest BCUT2D eigenvalue weighted by atomic mass is 9.82. The first-order chi connectivity index (χ1) is 7.83. The van der Waals surface area contributed by atoms with Crippen molar-refractivity contribution in [2.24, 2.45) is 5.92 Å². The maximum absolute atomic E-state index is 11.9. The van der Waals surface area contributed by atoms with E-state index >= 15 is 0 Å². The smallest absolute Gasteiger partial charge is 0.137 e. The molecule has 2 nitrogen and oxygen atoms in total. The summed E-state index contributed by atoms with van der Waals surface area (Å²) in [4.78, 5) is 14.4. The lowest BCUT2D eigenvalue weighted by Crippen LogP contribution is -2.40. The molecule has 0 spiro atoms. The van der Waals surface area contributed by atoms with E-state index in [0.29, 0.717) is 17.7 Å². The van der Waals surface area contributed by atoms with Crippen molar-refractivity contribution in [2.45, 2.75) is 44.6 Å². The summed E-state index contributed by atoms with van der Waals surface area (Å²) in [6, 6.07) is 0.487. The highest BCUT2D eigenvalue weighted by molar-refractivity contribution is 6.25. The van der Waals surface area contributed by atoms with Crippen molar-refractivity contribution in [3.8, 4) is 0 Å². The Kier molecular flexibility index (Phi) is 4.42. The minimum absolute atomic E-state index is 0.306. The SMILES string of the molecule is O=C1CCCCC1C1CCCN1CC=CCl. The van der Waals surface area contributed by atoms with E-state index in [9.17, 15) is 4.79 Å². The Balaban J connectivity index is 1.98. The zero-order valence-corrected chi connectivity index (χ0v) is 10.5. The van der Waals surface area contributed by atoms with Crippen LogP contribution >= 0.6 is 11.6 Å². The molecule has 0 bridgehead atoms. The van der Waals surface area contributed by atoms with Crippen molar-refractivity contribution in [3.05, 3.63) is 11.6 Å². The van der Waals surface area contributed by atoms with Crippen LogP contribution in [0, 0.1) is 5.92 Å². The second-order valence-electron chi connectivity index (χ2n) is 4.88. The zero-order valence-electron chi connectivity index (χ0n) is 9.70.